The number of nitrogens with zero attached hydrogens (tertiary/aromatic N) is 2. The van der Waals surface area contributed by atoms with Crippen LogP contribution < -0.4 is 0 Å². The van der Waals surface area contributed by atoms with Gasteiger partial charge in [0, 0.05) is 0 Å². The summed E-state index contributed by atoms with van der Waals surface area (Å²) >= 11 is -1.67. The number of halogens is 3. The molecule has 0 unspecified atom stereocenters. The molecule has 6 heteroatoms. The normalized spacial score (nSPS) is 17.4. The molecule has 0 amide bonds. The van der Waals surface area contributed by atoms with Crippen LogP contribution in [0.3, 0.4) is 0 Å². The molecule has 2 nitrogen and oxygen atoms in total. The van der Waals surface area contributed by atoms with Gasteiger partial charge in [0.15, 0.2) is 0 Å². The van der Waals surface area contributed by atoms with Crippen LogP contribution in [0.1, 0.15) is 19.3 Å². The zero-order valence-corrected chi connectivity index (χ0v) is 15.3. The van der Waals surface area contributed by atoms with E-state index < -0.39 is 102 Å². The molecule has 5 aromatic rings. The molecule has 0 saturated carbocycles. The number of hydrogen-bond acceptors (Lipinski definition) is 2. The Morgan fingerprint density at radius 3 is 2.44 bits per heavy atom. The standard InChI is InChI=1S/C21H11F3N2Te/c22-21(23,24)18-14-7-3-1-5-12(14)9-15-19(25-11-26-20(15)18)17-10-13-6-2-4-8-16(13)27-17/h1-11H/i1D,2D,3D,4D,5D,6D,7D,8D,9D,11D. The molecule has 2 aromatic heterocycles. The molecule has 0 N–H and O–H groups in total. The van der Waals surface area contributed by atoms with Crippen LogP contribution in [0.15, 0.2) is 66.8 Å². The molecule has 3 aromatic carbocycles. The van der Waals surface area contributed by atoms with E-state index >= 15 is 0 Å². The molecule has 132 valence electrons. The zero-order chi connectivity index (χ0) is 27.3. The molecule has 2 heterocycles. The Labute approximate surface area is 176 Å². The quantitative estimate of drug-likeness (QED) is 0.225. The first-order valence-electron chi connectivity index (χ1n) is 12.4. The summed E-state index contributed by atoms with van der Waals surface area (Å²) in [6, 6.07) is -4.42. The van der Waals surface area contributed by atoms with Gasteiger partial charge in [-0.3, -0.25) is 0 Å². The SMILES string of the molecule is [2H]c1nc(-c2cc3c([2H])c([2H])c([2H])c([2H])c3[te]2)c2c([2H])c3c([2H])c([2H])c([2H])c([2H])c3c(C(F)(F)F)c2n1. The molecular weight excluding hydrogens is 465 g/mol. The van der Waals surface area contributed by atoms with E-state index in [-0.39, 0.29) is 26.7 Å². The monoisotopic (exact) mass is 488 g/mol. The van der Waals surface area contributed by atoms with Gasteiger partial charge in [-0.15, -0.1) is 0 Å². The van der Waals surface area contributed by atoms with E-state index in [0.29, 0.717) is 3.40 Å². The van der Waals surface area contributed by atoms with Crippen molar-refractivity contribution in [2.75, 3.05) is 0 Å². The van der Waals surface area contributed by atoms with Crippen LogP contribution >= 0.6 is 0 Å². The van der Waals surface area contributed by atoms with Gasteiger partial charge in [-0.1, -0.05) is 0 Å². The molecule has 0 radical (unpaired) electrons. The molecule has 0 spiro atoms. The fourth-order valence-electron chi connectivity index (χ4n) is 2.82. The average Bonchev–Trinajstić information content (AvgIpc) is 3.27. The molecule has 27 heavy (non-hydrogen) atoms. The summed E-state index contributed by atoms with van der Waals surface area (Å²) in [5, 5.41) is -1.92. The second-order valence-corrected chi connectivity index (χ2v) is 8.50. The van der Waals surface area contributed by atoms with Crippen LogP contribution in [-0.4, -0.2) is 30.4 Å². The van der Waals surface area contributed by atoms with Crippen LogP contribution in [0.4, 0.5) is 13.2 Å². The van der Waals surface area contributed by atoms with E-state index in [1.165, 1.54) is 6.07 Å². The van der Waals surface area contributed by atoms with E-state index in [0.717, 1.165) is 0 Å². The van der Waals surface area contributed by atoms with Gasteiger partial charge in [-0.25, -0.2) is 0 Å². The number of hydrogen-bond donors (Lipinski definition) is 0. The van der Waals surface area contributed by atoms with E-state index in [2.05, 4.69) is 9.97 Å². The molecule has 0 bridgehead atoms. The summed E-state index contributed by atoms with van der Waals surface area (Å²) in [4.78, 5) is 7.61. The Morgan fingerprint density at radius 2 is 1.63 bits per heavy atom. The van der Waals surface area contributed by atoms with Gasteiger partial charge in [0.05, 0.1) is 0 Å². The third kappa shape index (κ3) is 2.72. The Balaban J connectivity index is 2.06. The topological polar surface area (TPSA) is 25.8 Å². The zero-order valence-electron chi connectivity index (χ0n) is 23.0. The Kier molecular flexibility index (Phi) is 2.06. The maximum atomic E-state index is 14.4. The molecule has 0 aliphatic rings. The molecule has 0 aliphatic carbocycles. The Bertz CT molecular complexity index is 1790. The van der Waals surface area contributed by atoms with Crippen LogP contribution in [0.25, 0.3) is 39.7 Å². The summed E-state index contributed by atoms with van der Waals surface area (Å²) < 4.78 is 125. The summed E-state index contributed by atoms with van der Waals surface area (Å²) in [6.45, 7) is 0. The van der Waals surface area contributed by atoms with Crippen molar-refractivity contribution in [3.63, 3.8) is 0 Å². The van der Waals surface area contributed by atoms with Crippen molar-refractivity contribution in [2.45, 2.75) is 6.18 Å². The first-order valence-corrected chi connectivity index (χ1v) is 9.78. The van der Waals surface area contributed by atoms with Gasteiger partial charge in [-0.2, -0.15) is 0 Å². The third-order valence-corrected chi connectivity index (χ3v) is 6.92. The van der Waals surface area contributed by atoms with Crippen LogP contribution in [-0.2, 0) is 6.18 Å². The molecule has 5 rings (SSSR count). The van der Waals surface area contributed by atoms with Crippen LogP contribution in [0.5, 0.6) is 0 Å². The number of benzene rings is 3. The van der Waals surface area contributed by atoms with E-state index in [9.17, 15) is 13.2 Å². The van der Waals surface area contributed by atoms with Gasteiger partial charge in [0.1, 0.15) is 0 Å². The van der Waals surface area contributed by atoms with Crippen LogP contribution in [0.2, 0.25) is 0 Å². The molecule has 0 fully saturated rings. The predicted molar refractivity (Wildman–Crippen MR) is 102 cm³/mol. The number of rotatable bonds is 1. The van der Waals surface area contributed by atoms with E-state index in [4.69, 9.17) is 13.7 Å². The second kappa shape index (κ2) is 6.05. The van der Waals surface area contributed by atoms with Gasteiger partial charge < -0.3 is 0 Å². The number of alkyl halides is 3. The fraction of sp³-hybridized carbons (Fsp3) is 0.0476. The minimum absolute atomic E-state index is 0.159. The molecule has 0 saturated heterocycles. The van der Waals surface area contributed by atoms with Crippen molar-refractivity contribution >= 4 is 50.9 Å². The van der Waals surface area contributed by atoms with Gasteiger partial charge in [-0.05, 0) is 0 Å². The van der Waals surface area contributed by atoms with E-state index in [1.54, 1.807) is 0 Å². The van der Waals surface area contributed by atoms with Crippen molar-refractivity contribution in [1.82, 2.24) is 9.97 Å². The molecule has 0 aliphatic heterocycles. The Hall–Kier alpha value is -2.42. The van der Waals surface area contributed by atoms with Gasteiger partial charge in [0.25, 0.3) is 0 Å². The van der Waals surface area contributed by atoms with Gasteiger partial charge >= 0.3 is 176 Å². The summed E-state index contributed by atoms with van der Waals surface area (Å²) in [5.74, 6) is 0. The minimum atomic E-state index is -5.17. The molecule has 0 atom stereocenters. The number of aromatic nitrogens is 2. The summed E-state index contributed by atoms with van der Waals surface area (Å²) in [7, 11) is 0. The summed E-state index contributed by atoms with van der Waals surface area (Å²) in [6.07, 6.45) is -6.00. The second-order valence-electron chi connectivity index (χ2n) is 5.50. The molecular formula is C21H11F3N2Te. The number of fused-ring (bicyclic) bond motifs is 3. The van der Waals surface area contributed by atoms with E-state index in [1.807, 2.05) is 0 Å². The van der Waals surface area contributed by atoms with Crippen molar-refractivity contribution in [2.24, 2.45) is 0 Å². The van der Waals surface area contributed by atoms with Crippen molar-refractivity contribution in [1.29, 1.82) is 0 Å². The maximum absolute atomic E-state index is 14.4. The first kappa shape index (κ1) is 9.18. The predicted octanol–water partition coefficient (Wildman–Crippen LogP) is 5.68. The fourth-order valence-corrected chi connectivity index (χ4v) is 5.57. The van der Waals surface area contributed by atoms with Crippen molar-refractivity contribution in [3.8, 4) is 9.27 Å². The van der Waals surface area contributed by atoms with Crippen LogP contribution in [0, 0.1) is 0 Å². The van der Waals surface area contributed by atoms with Gasteiger partial charge in [0.2, 0.25) is 0 Å². The van der Waals surface area contributed by atoms with Crippen molar-refractivity contribution < 1.29 is 26.9 Å². The third-order valence-electron chi connectivity index (χ3n) is 3.91. The van der Waals surface area contributed by atoms with Crippen molar-refractivity contribution in [3.05, 3.63) is 72.3 Å². The summed E-state index contributed by atoms with van der Waals surface area (Å²) in [5.41, 5.74) is -2.62. The Morgan fingerprint density at radius 1 is 0.889 bits per heavy atom. The average molecular weight is 486 g/mol. The first-order chi connectivity index (χ1) is 17.2.